The highest BCUT2D eigenvalue weighted by atomic mass is 32.2. The smallest absolute Gasteiger partial charge is 0.264 e. The van der Waals surface area contributed by atoms with Gasteiger partial charge in [-0.25, -0.2) is 18.9 Å². The molecule has 1 amide bonds. The summed E-state index contributed by atoms with van der Waals surface area (Å²) in [6.45, 7) is 1.20. The second kappa shape index (κ2) is 8.48. The average molecular weight is 445 g/mol. The van der Waals surface area contributed by atoms with Gasteiger partial charge in [0.25, 0.3) is 11.5 Å². The Morgan fingerprint density at radius 1 is 1.19 bits per heavy atom. The number of carbonyl (C=O) groups is 1. The number of pyridine rings is 2. The topological polar surface area (TPSA) is 128 Å². The highest BCUT2D eigenvalue weighted by Gasteiger charge is 2.43. The summed E-state index contributed by atoms with van der Waals surface area (Å²) in [5.41, 5.74) is 3.33. The van der Waals surface area contributed by atoms with Crippen molar-refractivity contribution >= 4 is 26.6 Å². The number of nitrogens with zero attached hydrogens (tertiary/aromatic N) is 2. The number of hydrogen-bond acceptors (Lipinski definition) is 7. The Morgan fingerprint density at radius 2 is 1.90 bits per heavy atom. The van der Waals surface area contributed by atoms with Crippen LogP contribution in [0, 0.1) is 0 Å². The Hall–Kier alpha value is -3.24. The van der Waals surface area contributed by atoms with Crippen LogP contribution in [0.25, 0.3) is 22.0 Å². The number of rotatable bonds is 7. The van der Waals surface area contributed by atoms with Crippen molar-refractivity contribution in [1.82, 2.24) is 15.0 Å². The molecule has 0 radical (unpaired) electrons. The van der Waals surface area contributed by atoms with Gasteiger partial charge in [0, 0.05) is 36.5 Å². The molecule has 0 aliphatic heterocycles. The van der Waals surface area contributed by atoms with Crippen molar-refractivity contribution in [2.24, 2.45) is 0 Å². The van der Waals surface area contributed by atoms with E-state index in [2.05, 4.69) is 4.98 Å². The number of ether oxygens (including phenoxy) is 1. The summed E-state index contributed by atoms with van der Waals surface area (Å²) in [5.74, 6) is -0.528. The number of nitrogens with one attached hydrogen (secondary N) is 1. The molecule has 1 atom stereocenters. The van der Waals surface area contributed by atoms with Gasteiger partial charge in [0.2, 0.25) is 5.88 Å². The maximum absolute atomic E-state index is 12.6. The van der Waals surface area contributed by atoms with Crippen LogP contribution >= 0.6 is 0 Å². The quantitative estimate of drug-likeness (QED) is 0.419. The molecular formula is C21H23N3O6S. The SMILES string of the molecule is COc1ccc2cc(-c3ccn(CCC(C)(C(=O)NO)S(C)(=O)=O)c(=O)c3)ccc2n1. The monoisotopic (exact) mass is 445 g/mol. The minimum absolute atomic E-state index is 0.0163. The minimum atomic E-state index is -3.84. The molecule has 164 valence electrons. The fourth-order valence-electron chi connectivity index (χ4n) is 3.19. The molecule has 3 rings (SSSR count). The number of methoxy groups -OCH3 is 1. The third-order valence-electron chi connectivity index (χ3n) is 5.43. The van der Waals surface area contributed by atoms with Gasteiger partial charge in [-0.1, -0.05) is 6.07 Å². The summed E-state index contributed by atoms with van der Waals surface area (Å²) in [7, 11) is -2.29. The molecule has 0 saturated carbocycles. The summed E-state index contributed by atoms with van der Waals surface area (Å²) < 4.78 is 28.7. The van der Waals surface area contributed by atoms with Gasteiger partial charge in [-0.15, -0.1) is 0 Å². The number of hydrogen-bond donors (Lipinski definition) is 2. The fourth-order valence-corrected chi connectivity index (χ4v) is 4.04. The molecule has 1 unspecified atom stereocenters. The minimum Gasteiger partial charge on any atom is -0.481 e. The molecule has 31 heavy (non-hydrogen) atoms. The van der Waals surface area contributed by atoms with Crippen LogP contribution in [0.4, 0.5) is 0 Å². The normalized spacial score (nSPS) is 13.5. The van der Waals surface area contributed by atoms with Crippen LogP contribution in [-0.4, -0.2) is 47.2 Å². The highest BCUT2D eigenvalue weighted by Crippen LogP contribution is 2.25. The van der Waals surface area contributed by atoms with Gasteiger partial charge in [0.15, 0.2) is 14.6 Å². The number of aryl methyl sites for hydroxylation is 1. The predicted molar refractivity (Wildman–Crippen MR) is 116 cm³/mol. The molecule has 0 aliphatic carbocycles. The van der Waals surface area contributed by atoms with Gasteiger partial charge < -0.3 is 9.30 Å². The molecule has 2 aromatic heterocycles. The first-order valence-electron chi connectivity index (χ1n) is 9.39. The Kier molecular flexibility index (Phi) is 6.14. The van der Waals surface area contributed by atoms with Crippen LogP contribution in [-0.2, 0) is 21.2 Å². The van der Waals surface area contributed by atoms with Crippen molar-refractivity contribution in [1.29, 1.82) is 0 Å². The number of benzene rings is 1. The lowest BCUT2D eigenvalue weighted by molar-refractivity contribution is -0.131. The molecule has 0 fully saturated rings. The van der Waals surface area contributed by atoms with E-state index < -0.39 is 20.5 Å². The predicted octanol–water partition coefficient (Wildman–Crippen LogP) is 1.77. The summed E-state index contributed by atoms with van der Waals surface area (Å²) in [6, 6.07) is 12.4. The summed E-state index contributed by atoms with van der Waals surface area (Å²) >= 11 is 0. The molecule has 10 heteroatoms. The number of aromatic nitrogens is 2. The zero-order chi connectivity index (χ0) is 22.8. The maximum atomic E-state index is 12.6. The molecule has 2 heterocycles. The van der Waals surface area contributed by atoms with Crippen LogP contribution in [0.3, 0.4) is 0 Å². The third-order valence-corrected chi connectivity index (χ3v) is 7.46. The molecule has 2 N–H and O–H groups in total. The van der Waals surface area contributed by atoms with Gasteiger partial charge in [0.1, 0.15) is 0 Å². The first kappa shape index (κ1) is 22.4. The number of fused-ring (bicyclic) bond motifs is 1. The van der Waals surface area contributed by atoms with E-state index in [9.17, 15) is 18.0 Å². The van der Waals surface area contributed by atoms with Crippen LogP contribution in [0.15, 0.2) is 53.5 Å². The summed E-state index contributed by atoms with van der Waals surface area (Å²) in [4.78, 5) is 28.9. The van der Waals surface area contributed by atoms with Gasteiger partial charge in [-0.2, -0.15) is 0 Å². The second-order valence-corrected chi connectivity index (χ2v) is 9.85. The largest absolute Gasteiger partial charge is 0.481 e. The van der Waals surface area contributed by atoms with Gasteiger partial charge in [0.05, 0.1) is 12.6 Å². The van der Waals surface area contributed by atoms with Crippen LogP contribution in [0.5, 0.6) is 5.88 Å². The zero-order valence-corrected chi connectivity index (χ0v) is 18.1. The van der Waals surface area contributed by atoms with Crippen LogP contribution < -0.4 is 15.8 Å². The van der Waals surface area contributed by atoms with E-state index in [0.717, 1.165) is 22.7 Å². The summed E-state index contributed by atoms with van der Waals surface area (Å²) in [5, 5.41) is 9.80. The van der Waals surface area contributed by atoms with Crippen molar-refractivity contribution in [3.63, 3.8) is 0 Å². The van der Waals surface area contributed by atoms with E-state index in [1.807, 2.05) is 24.3 Å². The van der Waals surface area contributed by atoms with Crippen molar-refractivity contribution in [2.45, 2.75) is 24.6 Å². The molecule has 0 saturated heterocycles. The molecule has 9 nitrogen and oxygen atoms in total. The zero-order valence-electron chi connectivity index (χ0n) is 17.3. The first-order chi connectivity index (χ1) is 14.6. The van der Waals surface area contributed by atoms with E-state index >= 15 is 0 Å². The lowest BCUT2D eigenvalue weighted by atomic mass is 10.0. The van der Waals surface area contributed by atoms with Crippen molar-refractivity contribution < 1.29 is 23.2 Å². The van der Waals surface area contributed by atoms with Crippen molar-refractivity contribution in [3.8, 4) is 17.0 Å². The van der Waals surface area contributed by atoms with Crippen molar-refractivity contribution in [2.75, 3.05) is 13.4 Å². The standard InChI is InChI=1S/C21H23N3O6S/c1-21(20(26)23-27,31(3,28)29)9-11-24-10-8-15(13-19(24)25)14-4-6-17-16(12-14)5-7-18(22-17)30-2/h4-8,10,12-13,27H,9,11H2,1-3H3,(H,23,26). The number of sulfone groups is 1. The van der Waals surface area contributed by atoms with E-state index in [1.165, 1.54) is 23.0 Å². The molecule has 1 aromatic carbocycles. The summed E-state index contributed by atoms with van der Waals surface area (Å²) in [6.07, 6.45) is 2.28. The highest BCUT2D eigenvalue weighted by molar-refractivity contribution is 7.92. The fraction of sp³-hybridized carbons (Fsp3) is 0.286. The number of hydroxylamine groups is 1. The first-order valence-corrected chi connectivity index (χ1v) is 11.3. The number of amides is 1. The molecule has 0 bridgehead atoms. The molecular weight excluding hydrogens is 422 g/mol. The van der Waals surface area contributed by atoms with Gasteiger partial charge in [-0.05, 0) is 48.7 Å². The van der Waals surface area contributed by atoms with Gasteiger partial charge >= 0.3 is 0 Å². The Bertz CT molecular complexity index is 1300. The van der Waals surface area contributed by atoms with Gasteiger partial charge in [-0.3, -0.25) is 14.8 Å². The second-order valence-electron chi connectivity index (χ2n) is 7.40. The Balaban J connectivity index is 1.87. The maximum Gasteiger partial charge on any atom is 0.264 e. The molecule has 3 aromatic rings. The Morgan fingerprint density at radius 3 is 2.52 bits per heavy atom. The number of carbonyl (C=O) groups excluding carboxylic acids is 1. The average Bonchev–Trinajstić information content (AvgIpc) is 2.75. The molecule has 0 spiro atoms. The lowest BCUT2D eigenvalue weighted by Gasteiger charge is -2.25. The van der Waals surface area contributed by atoms with Crippen LogP contribution in [0.1, 0.15) is 13.3 Å². The Labute approximate surface area is 179 Å². The lowest BCUT2D eigenvalue weighted by Crippen LogP contribution is -2.49. The third kappa shape index (κ3) is 4.44. The van der Waals surface area contributed by atoms with E-state index in [1.54, 1.807) is 25.4 Å². The van der Waals surface area contributed by atoms with E-state index in [0.29, 0.717) is 11.4 Å². The van der Waals surface area contributed by atoms with E-state index in [-0.39, 0.29) is 18.5 Å². The van der Waals surface area contributed by atoms with E-state index in [4.69, 9.17) is 9.94 Å². The molecule has 0 aliphatic rings. The van der Waals surface area contributed by atoms with Crippen molar-refractivity contribution in [3.05, 3.63) is 59.0 Å². The van der Waals surface area contributed by atoms with Crippen LogP contribution in [0.2, 0.25) is 0 Å².